The van der Waals surface area contributed by atoms with Gasteiger partial charge in [-0.3, -0.25) is 4.90 Å². The summed E-state index contributed by atoms with van der Waals surface area (Å²) in [4.78, 5) is 14.6. The number of hydrogen-bond acceptors (Lipinski definition) is 5. The van der Waals surface area contributed by atoms with Crippen LogP contribution in [0.15, 0.2) is 0 Å². The van der Waals surface area contributed by atoms with Crippen molar-refractivity contribution in [3.8, 4) is 0 Å². The van der Waals surface area contributed by atoms with Crippen LogP contribution in [0.4, 0.5) is 0 Å². The van der Waals surface area contributed by atoms with Gasteiger partial charge in [-0.2, -0.15) is 0 Å². The van der Waals surface area contributed by atoms with Gasteiger partial charge in [0.1, 0.15) is 5.54 Å². The van der Waals surface area contributed by atoms with E-state index >= 15 is 0 Å². The summed E-state index contributed by atoms with van der Waals surface area (Å²) in [6.07, 6.45) is 2.04. The molecule has 1 saturated carbocycles. The average molecular weight is 298 g/mol. The number of nitrogens with zero attached hydrogens (tertiary/aromatic N) is 1. The molecule has 0 aromatic heterocycles. The van der Waals surface area contributed by atoms with Crippen LogP contribution in [0.1, 0.15) is 47.5 Å². The van der Waals surface area contributed by atoms with E-state index in [1.807, 2.05) is 6.92 Å². The number of carbonyl (C=O) groups excluding carboxylic acids is 1. The molecule has 0 radical (unpaired) electrons. The number of hydrogen-bond donors (Lipinski definition) is 1. The quantitative estimate of drug-likeness (QED) is 0.780. The third-order valence-corrected chi connectivity index (χ3v) is 4.21. The van der Waals surface area contributed by atoms with Gasteiger partial charge in [0.25, 0.3) is 0 Å². The summed E-state index contributed by atoms with van der Waals surface area (Å²) in [5.41, 5.74) is 5.14. The molecule has 0 aromatic rings. The molecule has 1 aliphatic heterocycles. The minimum absolute atomic E-state index is 0.235. The van der Waals surface area contributed by atoms with Crippen LogP contribution in [0, 0.1) is 5.92 Å². The van der Waals surface area contributed by atoms with Crippen molar-refractivity contribution >= 4 is 5.97 Å². The van der Waals surface area contributed by atoms with Crippen LogP contribution in [0.3, 0.4) is 0 Å². The summed E-state index contributed by atoms with van der Waals surface area (Å²) in [6.45, 7) is 12.6. The van der Waals surface area contributed by atoms with Gasteiger partial charge in [-0.1, -0.05) is 0 Å². The maximum Gasteiger partial charge on any atom is 0.327 e. The Hall–Kier alpha value is -0.650. The van der Waals surface area contributed by atoms with Crippen molar-refractivity contribution in [1.29, 1.82) is 0 Å². The van der Waals surface area contributed by atoms with E-state index in [1.54, 1.807) is 0 Å². The van der Waals surface area contributed by atoms with E-state index in [0.717, 1.165) is 25.9 Å². The standard InChI is InChI=1S/C16H30N2O3/c1-6-20-13(19)16(17,12-7-8-12)11-18-9-14(2,3)21-15(4,5)10-18/h12H,6-11,17H2,1-5H3. The van der Waals surface area contributed by atoms with Crippen molar-refractivity contribution in [2.45, 2.75) is 64.2 Å². The zero-order chi connectivity index (χ0) is 15.9. The first kappa shape index (κ1) is 16.7. The normalized spacial score (nSPS) is 27.9. The summed E-state index contributed by atoms with van der Waals surface area (Å²) in [6, 6.07) is 0. The van der Waals surface area contributed by atoms with E-state index < -0.39 is 5.54 Å². The number of rotatable bonds is 5. The Labute approximate surface area is 128 Å². The fourth-order valence-corrected chi connectivity index (χ4v) is 3.65. The highest BCUT2D eigenvalue weighted by Crippen LogP contribution is 2.40. The Morgan fingerprint density at radius 2 is 1.81 bits per heavy atom. The van der Waals surface area contributed by atoms with E-state index in [1.165, 1.54) is 0 Å². The van der Waals surface area contributed by atoms with Crippen LogP contribution in [0.5, 0.6) is 0 Å². The van der Waals surface area contributed by atoms with E-state index in [0.29, 0.717) is 13.2 Å². The smallest absolute Gasteiger partial charge is 0.327 e. The third-order valence-electron chi connectivity index (χ3n) is 4.21. The summed E-state index contributed by atoms with van der Waals surface area (Å²) in [5, 5.41) is 0. The average Bonchev–Trinajstić information content (AvgIpc) is 3.07. The minimum atomic E-state index is -0.875. The van der Waals surface area contributed by atoms with Gasteiger partial charge in [-0.05, 0) is 53.4 Å². The largest absolute Gasteiger partial charge is 0.465 e. The lowest BCUT2D eigenvalue weighted by atomic mass is 9.91. The third kappa shape index (κ3) is 3.96. The number of carbonyl (C=O) groups is 1. The van der Waals surface area contributed by atoms with Crippen LogP contribution < -0.4 is 5.73 Å². The minimum Gasteiger partial charge on any atom is -0.465 e. The monoisotopic (exact) mass is 298 g/mol. The Kier molecular flexibility index (Phi) is 4.40. The fourth-order valence-electron chi connectivity index (χ4n) is 3.65. The highest BCUT2D eigenvalue weighted by Gasteiger charge is 2.51. The van der Waals surface area contributed by atoms with Gasteiger partial charge in [-0.15, -0.1) is 0 Å². The predicted octanol–water partition coefficient (Wildman–Crippen LogP) is 1.55. The van der Waals surface area contributed by atoms with Gasteiger partial charge in [0.2, 0.25) is 0 Å². The van der Waals surface area contributed by atoms with Gasteiger partial charge in [0.05, 0.1) is 17.8 Å². The molecule has 2 N–H and O–H groups in total. The summed E-state index contributed by atoms with van der Waals surface area (Å²) >= 11 is 0. The molecule has 1 aliphatic carbocycles. The van der Waals surface area contributed by atoms with Crippen LogP contribution in [-0.4, -0.2) is 53.9 Å². The molecular weight excluding hydrogens is 268 g/mol. The maximum absolute atomic E-state index is 12.3. The lowest BCUT2D eigenvalue weighted by Gasteiger charge is -2.49. The zero-order valence-corrected chi connectivity index (χ0v) is 14.1. The second kappa shape index (κ2) is 5.52. The highest BCUT2D eigenvalue weighted by molar-refractivity contribution is 5.82. The van der Waals surface area contributed by atoms with E-state index in [-0.39, 0.29) is 23.1 Å². The summed E-state index contributed by atoms with van der Waals surface area (Å²) in [7, 11) is 0. The van der Waals surface area contributed by atoms with Crippen molar-refractivity contribution in [2.24, 2.45) is 11.7 Å². The molecule has 21 heavy (non-hydrogen) atoms. The first-order chi connectivity index (χ1) is 9.58. The van der Waals surface area contributed by atoms with Gasteiger partial charge < -0.3 is 15.2 Å². The lowest BCUT2D eigenvalue weighted by molar-refractivity contribution is -0.186. The van der Waals surface area contributed by atoms with Crippen molar-refractivity contribution in [3.63, 3.8) is 0 Å². The van der Waals surface area contributed by atoms with Crippen LogP contribution in [-0.2, 0) is 14.3 Å². The van der Waals surface area contributed by atoms with Crippen molar-refractivity contribution in [2.75, 3.05) is 26.2 Å². The van der Waals surface area contributed by atoms with Crippen molar-refractivity contribution in [1.82, 2.24) is 4.90 Å². The molecular formula is C16H30N2O3. The molecule has 0 bridgehead atoms. The molecule has 1 saturated heterocycles. The van der Waals surface area contributed by atoms with Gasteiger partial charge in [0.15, 0.2) is 0 Å². The Morgan fingerprint density at radius 3 is 2.24 bits per heavy atom. The molecule has 5 heteroatoms. The van der Waals surface area contributed by atoms with Crippen molar-refractivity contribution in [3.05, 3.63) is 0 Å². The predicted molar refractivity (Wildman–Crippen MR) is 82.0 cm³/mol. The molecule has 0 spiro atoms. The van der Waals surface area contributed by atoms with Crippen LogP contribution in [0.25, 0.3) is 0 Å². The van der Waals surface area contributed by atoms with E-state index in [4.69, 9.17) is 15.2 Å². The number of morpholine rings is 1. The summed E-state index contributed by atoms with van der Waals surface area (Å²) < 4.78 is 11.3. The maximum atomic E-state index is 12.3. The topological polar surface area (TPSA) is 64.8 Å². The first-order valence-electron chi connectivity index (χ1n) is 7.97. The molecule has 1 heterocycles. The van der Waals surface area contributed by atoms with E-state index in [2.05, 4.69) is 32.6 Å². The highest BCUT2D eigenvalue weighted by atomic mass is 16.5. The van der Waals surface area contributed by atoms with Crippen molar-refractivity contribution < 1.29 is 14.3 Å². The molecule has 0 amide bonds. The van der Waals surface area contributed by atoms with E-state index in [9.17, 15) is 4.79 Å². The first-order valence-corrected chi connectivity index (χ1v) is 7.97. The molecule has 122 valence electrons. The van der Waals surface area contributed by atoms with Gasteiger partial charge >= 0.3 is 5.97 Å². The zero-order valence-electron chi connectivity index (χ0n) is 14.1. The van der Waals surface area contributed by atoms with Crippen LogP contribution in [0.2, 0.25) is 0 Å². The number of nitrogens with two attached hydrogens (primary N) is 1. The molecule has 0 aromatic carbocycles. The second-order valence-electron chi connectivity index (χ2n) is 7.80. The second-order valence-corrected chi connectivity index (χ2v) is 7.80. The Morgan fingerprint density at radius 1 is 1.29 bits per heavy atom. The molecule has 5 nitrogen and oxygen atoms in total. The molecule has 1 unspecified atom stereocenters. The SMILES string of the molecule is CCOC(=O)C(N)(CN1CC(C)(C)OC(C)(C)C1)C1CC1. The van der Waals surface area contributed by atoms with Crippen LogP contribution >= 0.6 is 0 Å². The Bertz CT molecular complexity index is 388. The molecule has 1 atom stereocenters. The molecule has 2 fully saturated rings. The molecule has 2 rings (SSSR count). The Balaban J connectivity index is 2.11. The number of ether oxygens (including phenoxy) is 2. The van der Waals surface area contributed by atoms with Gasteiger partial charge in [-0.25, -0.2) is 4.79 Å². The molecule has 2 aliphatic rings. The summed E-state index contributed by atoms with van der Waals surface area (Å²) in [5.74, 6) is 0.000207. The number of esters is 1. The van der Waals surface area contributed by atoms with Gasteiger partial charge in [0, 0.05) is 19.6 Å². The lowest BCUT2D eigenvalue weighted by Crippen LogP contribution is -2.64. The fraction of sp³-hybridized carbons (Fsp3) is 0.938.